The Labute approximate surface area is 171 Å². The summed E-state index contributed by atoms with van der Waals surface area (Å²) in [6.45, 7) is 15.4. The van der Waals surface area contributed by atoms with E-state index in [9.17, 15) is 4.79 Å². The van der Waals surface area contributed by atoms with Crippen molar-refractivity contribution in [2.75, 3.05) is 26.4 Å². The van der Waals surface area contributed by atoms with Gasteiger partial charge in [-0.15, -0.1) is 0 Å². The Balaban J connectivity index is 3.43. The molecule has 0 aliphatic carbocycles. The second-order valence-corrected chi connectivity index (χ2v) is 11.4. The summed E-state index contributed by atoms with van der Waals surface area (Å²) >= 11 is 0. The van der Waals surface area contributed by atoms with E-state index in [-0.39, 0.29) is 0 Å². The minimum absolute atomic E-state index is 0.297. The van der Waals surface area contributed by atoms with E-state index in [4.69, 9.17) is 22.8 Å². The average Bonchev–Trinajstić information content (AvgIpc) is 2.79. The van der Waals surface area contributed by atoms with Crippen LogP contribution in [-0.2, 0) is 27.6 Å². The maximum atomic E-state index is 12.8. The van der Waals surface area contributed by atoms with Crippen LogP contribution < -0.4 is 0 Å². The number of allylic oxidation sites excluding steroid dienone is 1. The molecule has 0 atom stereocenters. The second-order valence-electron chi connectivity index (χ2n) is 7.67. The molecule has 0 spiro atoms. The van der Waals surface area contributed by atoms with Gasteiger partial charge in [0, 0.05) is 0 Å². The molecule has 0 bridgehead atoms. The van der Waals surface area contributed by atoms with Gasteiger partial charge in [0.25, 0.3) is 0 Å². The summed E-state index contributed by atoms with van der Waals surface area (Å²) in [6, 6.07) is 0. The minimum atomic E-state index is -4.12. The van der Waals surface area contributed by atoms with Crippen molar-refractivity contribution in [2.45, 2.75) is 92.1 Å². The first-order valence-electron chi connectivity index (χ1n) is 10.8. The second kappa shape index (κ2) is 10.9. The third-order valence-corrected chi connectivity index (χ3v) is 9.61. The molecule has 166 valence electrons. The number of ether oxygens (including phenoxy) is 1. The standard InChI is InChI=1S/C21H41O6P/c1-8-12-15-24-28(25-16-13-9-2,26-17-14-10-3)21(6,7)19(18(5)27-28)20(22)23-11-4/h8-17H2,1-7H3. The Bertz CT molecular complexity index is 514. The SMILES string of the molecule is CCCCOP1(OCCCC)(OCCCC)OC(C)=C(C(=O)OCC)C1(C)C. The van der Waals surface area contributed by atoms with E-state index in [1.165, 1.54) is 0 Å². The Kier molecular flexibility index (Phi) is 9.88. The Morgan fingerprint density at radius 2 is 1.32 bits per heavy atom. The molecule has 7 heteroatoms. The van der Waals surface area contributed by atoms with Crippen molar-refractivity contribution in [2.24, 2.45) is 0 Å². The molecule has 0 aromatic heterocycles. The van der Waals surface area contributed by atoms with Gasteiger partial charge in [0.2, 0.25) is 0 Å². The molecular weight excluding hydrogens is 379 g/mol. The van der Waals surface area contributed by atoms with Gasteiger partial charge in [-0.05, 0) is 0 Å². The zero-order valence-corrected chi connectivity index (χ0v) is 19.9. The van der Waals surface area contributed by atoms with Gasteiger partial charge in [0.15, 0.2) is 0 Å². The van der Waals surface area contributed by atoms with Gasteiger partial charge < -0.3 is 0 Å². The Hall–Kier alpha value is -0.680. The van der Waals surface area contributed by atoms with Crippen LogP contribution in [0.15, 0.2) is 11.3 Å². The van der Waals surface area contributed by atoms with Gasteiger partial charge >= 0.3 is 171 Å². The van der Waals surface area contributed by atoms with E-state index in [1.54, 1.807) is 13.8 Å². The first kappa shape index (κ1) is 25.4. The van der Waals surface area contributed by atoms with Crippen LogP contribution in [0.25, 0.3) is 0 Å². The fourth-order valence-electron chi connectivity index (χ4n) is 3.38. The van der Waals surface area contributed by atoms with Crippen molar-refractivity contribution in [1.29, 1.82) is 0 Å². The van der Waals surface area contributed by atoms with Crippen LogP contribution in [0.4, 0.5) is 0 Å². The fraction of sp³-hybridized carbons (Fsp3) is 0.857. The Morgan fingerprint density at radius 3 is 1.68 bits per heavy atom. The van der Waals surface area contributed by atoms with Crippen LogP contribution in [0.1, 0.15) is 87.0 Å². The molecule has 0 amide bonds. The van der Waals surface area contributed by atoms with Crippen molar-refractivity contribution in [3.63, 3.8) is 0 Å². The van der Waals surface area contributed by atoms with Crippen LogP contribution >= 0.6 is 7.51 Å². The fourth-order valence-corrected chi connectivity index (χ4v) is 7.47. The molecule has 0 saturated carbocycles. The molecule has 1 aliphatic rings. The predicted molar refractivity (Wildman–Crippen MR) is 114 cm³/mol. The summed E-state index contributed by atoms with van der Waals surface area (Å²) in [6.07, 6.45) is 5.52. The third-order valence-electron chi connectivity index (χ3n) is 5.09. The monoisotopic (exact) mass is 420 g/mol. The van der Waals surface area contributed by atoms with Gasteiger partial charge in [0.05, 0.1) is 0 Å². The summed E-state index contributed by atoms with van der Waals surface area (Å²) in [5.74, 6) is 0.0828. The molecule has 0 fully saturated rings. The number of hydrogen-bond acceptors (Lipinski definition) is 6. The van der Waals surface area contributed by atoms with E-state index >= 15 is 0 Å². The number of carbonyl (C=O) groups excluding carboxylic acids is 1. The number of esters is 1. The van der Waals surface area contributed by atoms with E-state index in [0.717, 1.165) is 38.5 Å². The number of unbranched alkanes of at least 4 members (excludes halogenated alkanes) is 3. The molecule has 1 heterocycles. The molecule has 1 rings (SSSR count). The molecule has 0 saturated heterocycles. The van der Waals surface area contributed by atoms with E-state index in [1.807, 2.05) is 13.8 Å². The third kappa shape index (κ3) is 4.89. The van der Waals surface area contributed by atoms with Gasteiger partial charge in [-0.1, -0.05) is 0 Å². The quantitative estimate of drug-likeness (QED) is 0.187. The van der Waals surface area contributed by atoms with Gasteiger partial charge in [0.1, 0.15) is 0 Å². The predicted octanol–water partition coefficient (Wildman–Crippen LogP) is 6.30. The molecule has 28 heavy (non-hydrogen) atoms. The molecule has 0 aromatic rings. The van der Waals surface area contributed by atoms with Crippen molar-refractivity contribution in [1.82, 2.24) is 0 Å². The van der Waals surface area contributed by atoms with E-state index in [2.05, 4.69) is 20.8 Å². The summed E-state index contributed by atoms with van der Waals surface area (Å²) < 4.78 is 31.2. The normalized spacial score (nSPS) is 21.0. The summed E-state index contributed by atoms with van der Waals surface area (Å²) in [5, 5.41) is -0.892. The molecule has 0 radical (unpaired) electrons. The summed E-state index contributed by atoms with van der Waals surface area (Å²) in [7, 11) is -4.12. The van der Waals surface area contributed by atoms with Gasteiger partial charge in [-0.3, -0.25) is 0 Å². The van der Waals surface area contributed by atoms with Crippen molar-refractivity contribution < 1.29 is 27.6 Å². The maximum absolute atomic E-state index is 12.8. The Morgan fingerprint density at radius 1 is 0.893 bits per heavy atom. The van der Waals surface area contributed by atoms with Crippen LogP contribution in [0.5, 0.6) is 0 Å². The number of rotatable bonds is 14. The number of hydrogen-bond donors (Lipinski definition) is 0. The van der Waals surface area contributed by atoms with Crippen LogP contribution in [0.3, 0.4) is 0 Å². The van der Waals surface area contributed by atoms with Crippen LogP contribution in [0, 0.1) is 0 Å². The summed E-state index contributed by atoms with van der Waals surface area (Å²) in [5.41, 5.74) is 0.455. The molecule has 0 aromatic carbocycles. The number of carbonyl (C=O) groups is 1. The first-order valence-corrected chi connectivity index (χ1v) is 12.7. The van der Waals surface area contributed by atoms with Crippen molar-refractivity contribution >= 4 is 13.5 Å². The first-order chi connectivity index (χ1) is 13.2. The summed E-state index contributed by atoms with van der Waals surface area (Å²) in [4.78, 5) is 12.8. The van der Waals surface area contributed by atoms with Crippen LogP contribution in [-0.4, -0.2) is 37.6 Å². The van der Waals surface area contributed by atoms with Crippen molar-refractivity contribution in [3.05, 3.63) is 11.3 Å². The van der Waals surface area contributed by atoms with Gasteiger partial charge in [-0.25, -0.2) is 0 Å². The molecule has 0 unspecified atom stereocenters. The van der Waals surface area contributed by atoms with E-state index < -0.39 is 18.6 Å². The van der Waals surface area contributed by atoms with Gasteiger partial charge in [-0.2, -0.15) is 0 Å². The molecular formula is C21H41O6P. The molecule has 0 N–H and O–H groups in total. The average molecular weight is 421 g/mol. The molecule has 6 nitrogen and oxygen atoms in total. The van der Waals surface area contributed by atoms with Crippen molar-refractivity contribution in [3.8, 4) is 0 Å². The molecule has 1 aliphatic heterocycles. The van der Waals surface area contributed by atoms with E-state index in [0.29, 0.717) is 37.8 Å². The van der Waals surface area contributed by atoms with Crippen LogP contribution in [0.2, 0.25) is 0 Å². The topological polar surface area (TPSA) is 63.2 Å². The zero-order chi connectivity index (χ0) is 21.3. The zero-order valence-electron chi connectivity index (χ0n) is 19.0.